The Hall–Kier alpha value is -1.44. The van der Waals surface area contributed by atoms with Gasteiger partial charge in [-0.25, -0.2) is 0 Å². The van der Waals surface area contributed by atoms with Crippen molar-refractivity contribution in [2.75, 3.05) is 6.54 Å². The summed E-state index contributed by atoms with van der Waals surface area (Å²) in [6.45, 7) is 0.432. The SMILES string of the molecule is NCCn1cc(C(=O)C(F)(F)F)nn1. The molecular weight excluding hydrogens is 201 g/mol. The van der Waals surface area contributed by atoms with Crippen molar-refractivity contribution in [3.8, 4) is 0 Å². The Labute approximate surface area is 76.7 Å². The molecule has 14 heavy (non-hydrogen) atoms. The average molecular weight is 208 g/mol. The molecule has 0 spiro atoms. The van der Waals surface area contributed by atoms with Crippen LogP contribution in [0.3, 0.4) is 0 Å². The first-order chi connectivity index (χ1) is 6.45. The molecule has 0 unspecified atom stereocenters. The lowest BCUT2D eigenvalue weighted by atomic mass is 10.3. The van der Waals surface area contributed by atoms with Gasteiger partial charge in [0, 0.05) is 6.54 Å². The molecule has 0 aliphatic heterocycles. The quantitative estimate of drug-likeness (QED) is 0.708. The molecule has 1 aromatic heterocycles. The van der Waals surface area contributed by atoms with Crippen molar-refractivity contribution < 1.29 is 18.0 Å². The van der Waals surface area contributed by atoms with Gasteiger partial charge in [0.1, 0.15) is 0 Å². The predicted molar refractivity (Wildman–Crippen MR) is 39.5 cm³/mol. The van der Waals surface area contributed by atoms with Crippen molar-refractivity contribution in [1.82, 2.24) is 15.0 Å². The number of hydrogen-bond acceptors (Lipinski definition) is 4. The first kappa shape index (κ1) is 10.6. The van der Waals surface area contributed by atoms with E-state index in [0.717, 1.165) is 10.9 Å². The van der Waals surface area contributed by atoms with Gasteiger partial charge in [0.2, 0.25) is 0 Å². The first-order valence-electron chi connectivity index (χ1n) is 3.67. The number of aromatic nitrogens is 3. The molecule has 1 heterocycles. The Balaban J connectivity index is 2.82. The van der Waals surface area contributed by atoms with Crippen LogP contribution >= 0.6 is 0 Å². The average Bonchev–Trinajstić information content (AvgIpc) is 2.50. The third-order valence-electron chi connectivity index (χ3n) is 1.39. The largest absolute Gasteiger partial charge is 0.456 e. The lowest BCUT2D eigenvalue weighted by Gasteiger charge is -1.99. The first-order valence-corrected chi connectivity index (χ1v) is 3.67. The van der Waals surface area contributed by atoms with E-state index in [-0.39, 0.29) is 13.1 Å². The molecule has 0 fully saturated rings. The number of halogens is 3. The van der Waals surface area contributed by atoms with Crippen LogP contribution in [0.5, 0.6) is 0 Å². The van der Waals surface area contributed by atoms with Crippen LogP contribution in [0.1, 0.15) is 10.5 Å². The minimum atomic E-state index is -4.91. The minimum absolute atomic E-state index is 0.211. The molecule has 0 radical (unpaired) electrons. The summed E-state index contributed by atoms with van der Waals surface area (Å²) in [4.78, 5) is 10.6. The van der Waals surface area contributed by atoms with Gasteiger partial charge in [-0.2, -0.15) is 13.2 Å². The van der Waals surface area contributed by atoms with Gasteiger partial charge in [-0.15, -0.1) is 5.10 Å². The summed E-state index contributed by atoms with van der Waals surface area (Å²) in [7, 11) is 0. The highest BCUT2D eigenvalue weighted by molar-refractivity contribution is 5.98. The molecule has 2 N–H and O–H groups in total. The van der Waals surface area contributed by atoms with Crippen molar-refractivity contribution in [2.45, 2.75) is 12.7 Å². The molecule has 78 valence electrons. The number of hydrogen-bond donors (Lipinski definition) is 1. The lowest BCUT2D eigenvalue weighted by Crippen LogP contribution is -2.23. The second-order valence-electron chi connectivity index (χ2n) is 2.48. The molecule has 0 aliphatic carbocycles. The van der Waals surface area contributed by atoms with E-state index in [1.165, 1.54) is 0 Å². The van der Waals surface area contributed by atoms with Gasteiger partial charge in [0.05, 0.1) is 12.7 Å². The fourth-order valence-electron chi connectivity index (χ4n) is 0.789. The Bertz CT molecular complexity index is 332. The van der Waals surface area contributed by atoms with Crippen molar-refractivity contribution in [3.05, 3.63) is 11.9 Å². The van der Waals surface area contributed by atoms with Crippen molar-refractivity contribution >= 4 is 5.78 Å². The lowest BCUT2D eigenvalue weighted by molar-refractivity contribution is -0.0888. The van der Waals surface area contributed by atoms with Crippen LogP contribution in [-0.2, 0) is 6.54 Å². The smallest absolute Gasteiger partial charge is 0.329 e. The molecule has 0 saturated carbocycles. The van der Waals surface area contributed by atoms with Crippen molar-refractivity contribution in [1.29, 1.82) is 0 Å². The fourth-order valence-corrected chi connectivity index (χ4v) is 0.789. The maximum absolute atomic E-state index is 11.9. The van der Waals surface area contributed by atoms with Gasteiger partial charge in [-0.1, -0.05) is 5.21 Å². The van der Waals surface area contributed by atoms with E-state index in [1.54, 1.807) is 0 Å². The van der Waals surface area contributed by atoms with Gasteiger partial charge in [0.15, 0.2) is 5.69 Å². The van der Waals surface area contributed by atoms with Crippen LogP contribution in [0, 0.1) is 0 Å². The number of ketones is 1. The number of Topliss-reactive ketones (excluding diaryl/α,β-unsaturated/α-hetero) is 1. The highest BCUT2D eigenvalue weighted by Crippen LogP contribution is 2.19. The Morgan fingerprint density at radius 1 is 1.57 bits per heavy atom. The number of rotatable bonds is 3. The second kappa shape index (κ2) is 3.74. The fraction of sp³-hybridized carbons (Fsp3) is 0.500. The zero-order valence-electron chi connectivity index (χ0n) is 6.95. The summed E-state index contributed by atoms with van der Waals surface area (Å²) in [5.41, 5.74) is 4.42. The number of nitrogens with zero attached hydrogens (tertiary/aromatic N) is 3. The number of nitrogens with two attached hydrogens (primary N) is 1. The molecule has 0 saturated heterocycles. The monoisotopic (exact) mass is 208 g/mol. The Kier molecular flexibility index (Phi) is 2.84. The molecule has 0 aromatic carbocycles. The van der Waals surface area contributed by atoms with Crippen molar-refractivity contribution in [2.24, 2.45) is 5.73 Å². The summed E-state index contributed by atoms with van der Waals surface area (Å²) < 4.78 is 36.7. The van der Waals surface area contributed by atoms with E-state index in [0.29, 0.717) is 0 Å². The van der Waals surface area contributed by atoms with Gasteiger partial charge >= 0.3 is 6.18 Å². The van der Waals surface area contributed by atoms with Gasteiger partial charge in [-0.05, 0) is 0 Å². The molecular formula is C6H7F3N4O. The predicted octanol–water partition coefficient (Wildman–Crippen LogP) is -0.0182. The highest BCUT2D eigenvalue weighted by atomic mass is 19.4. The maximum Gasteiger partial charge on any atom is 0.456 e. The third kappa shape index (κ3) is 2.28. The van der Waals surface area contributed by atoms with E-state index >= 15 is 0 Å². The molecule has 8 heteroatoms. The second-order valence-corrected chi connectivity index (χ2v) is 2.48. The van der Waals surface area contributed by atoms with Gasteiger partial charge in [-0.3, -0.25) is 9.48 Å². The topological polar surface area (TPSA) is 73.8 Å². The van der Waals surface area contributed by atoms with Crippen LogP contribution in [0.25, 0.3) is 0 Å². The zero-order chi connectivity index (χ0) is 10.8. The molecule has 0 amide bonds. The van der Waals surface area contributed by atoms with Crippen LogP contribution in [0.15, 0.2) is 6.20 Å². The standard InChI is InChI=1S/C6H7F3N4O/c7-6(8,9)5(14)4-3-13(2-1-10)12-11-4/h3H,1-2,10H2. The molecule has 5 nitrogen and oxygen atoms in total. The normalized spacial score (nSPS) is 11.7. The Morgan fingerprint density at radius 3 is 2.71 bits per heavy atom. The number of carbonyl (C=O) groups is 1. The molecule has 1 rings (SSSR count). The highest BCUT2D eigenvalue weighted by Gasteiger charge is 2.41. The van der Waals surface area contributed by atoms with E-state index in [4.69, 9.17) is 5.73 Å². The molecule has 0 aliphatic rings. The van der Waals surface area contributed by atoms with Crippen LogP contribution < -0.4 is 5.73 Å². The molecule has 0 bridgehead atoms. The summed E-state index contributed by atoms with van der Waals surface area (Å²) in [5.74, 6) is -2.00. The zero-order valence-corrected chi connectivity index (χ0v) is 6.95. The number of carbonyl (C=O) groups excluding carboxylic acids is 1. The third-order valence-corrected chi connectivity index (χ3v) is 1.39. The van der Waals surface area contributed by atoms with E-state index in [9.17, 15) is 18.0 Å². The summed E-state index contributed by atoms with van der Waals surface area (Å²) in [6, 6.07) is 0. The van der Waals surface area contributed by atoms with Gasteiger partial charge in [0.25, 0.3) is 5.78 Å². The maximum atomic E-state index is 11.9. The van der Waals surface area contributed by atoms with Crippen LogP contribution in [0.2, 0.25) is 0 Å². The summed E-state index contributed by atoms with van der Waals surface area (Å²) >= 11 is 0. The van der Waals surface area contributed by atoms with E-state index in [2.05, 4.69) is 10.3 Å². The number of alkyl halides is 3. The van der Waals surface area contributed by atoms with Crippen molar-refractivity contribution in [3.63, 3.8) is 0 Å². The summed E-state index contributed by atoms with van der Waals surface area (Å²) in [6.07, 6.45) is -3.99. The van der Waals surface area contributed by atoms with E-state index < -0.39 is 17.7 Å². The minimum Gasteiger partial charge on any atom is -0.329 e. The Morgan fingerprint density at radius 2 is 2.21 bits per heavy atom. The molecule has 1 aromatic rings. The van der Waals surface area contributed by atoms with Crippen LogP contribution in [0.4, 0.5) is 13.2 Å². The van der Waals surface area contributed by atoms with Crippen LogP contribution in [-0.4, -0.2) is 33.5 Å². The van der Waals surface area contributed by atoms with Gasteiger partial charge < -0.3 is 5.73 Å². The molecule has 0 atom stereocenters. The van der Waals surface area contributed by atoms with E-state index in [1.807, 2.05) is 0 Å². The summed E-state index contributed by atoms with van der Waals surface area (Å²) in [5, 5.41) is 6.40.